The van der Waals surface area contributed by atoms with Crippen molar-refractivity contribution in [3.8, 4) is 11.5 Å². The quantitative estimate of drug-likeness (QED) is 0.454. The maximum absolute atomic E-state index is 12.1. The van der Waals surface area contributed by atoms with Crippen LogP contribution < -0.4 is 20.1 Å². The van der Waals surface area contributed by atoms with E-state index in [0.717, 1.165) is 0 Å². The van der Waals surface area contributed by atoms with Gasteiger partial charge in [-0.2, -0.15) is 0 Å². The first-order valence-corrected chi connectivity index (χ1v) is 9.79. The second kappa shape index (κ2) is 12.8. The third kappa shape index (κ3) is 8.64. The Morgan fingerprint density at radius 1 is 0.833 bits per heavy atom. The molecule has 0 spiro atoms. The summed E-state index contributed by atoms with van der Waals surface area (Å²) in [5.41, 5.74) is 0. The fourth-order valence-electron chi connectivity index (χ4n) is 2.55. The number of ether oxygens (including phenoxy) is 3. The van der Waals surface area contributed by atoms with E-state index in [1.807, 2.05) is 6.07 Å². The summed E-state index contributed by atoms with van der Waals surface area (Å²) in [5, 5.41) is 5.18. The van der Waals surface area contributed by atoms with Crippen molar-refractivity contribution in [3.05, 3.63) is 60.7 Å². The maximum Gasteiger partial charge on any atom is 0.413 e. The van der Waals surface area contributed by atoms with Gasteiger partial charge in [0.25, 0.3) is 0 Å². The second-order valence-electron chi connectivity index (χ2n) is 6.28. The third-order valence-corrected chi connectivity index (χ3v) is 3.96. The fourth-order valence-corrected chi connectivity index (χ4v) is 2.55. The molecule has 0 heterocycles. The van der Waals surface area contributed by atoms with Crippen LogP contribution in [-0.4, -0.2) is 37.3 Å². The minimum Gasteiger partial charge on any atom is -0.464 e. The summed E-state index contributed by atoms with van der Waals surface area (Å²) in [5.74, 6) is 0.302. The predicted octanol–water partition coefficient (Wildman–Crippen LogP) is 3.67. The van der Waals surface area contributed by atoms with Crippen molar-refractivity contribution in [2.24, 2.45) is 0 Å². The molecule has 0 aliphatic heterocycles. The second-order valence-corrected chi connectivity index (χ2v) is 6.28. The number of rotatable bonds is 10. The Hall–Kier alpha value is -3.55. The average molecular weight is 414 g/mol. The first-order chi connectivity index (χ1) is 14.6. The van der Waals surface area contributed by atoms with Crippen molar-refractivity contribution in [1.29, 1.82) is 0 Å². The molecule has 2 aromatic rings. The molecule has 1 atom stereocenters. The number of para-hydroxylation sites is 2. The Kier molecular flexibility index (Phi) is 9.72. The summed E-state index contributed by atoms with van der Waals surface area (Å²) >= 11 is 0. The number of unbranched alkanes of at least 4 members (excludes halogenated alkanes) is 1. The van der Waals surface area contributed by atoms with E-state index in [9.17, 15) is 14.4 Å². The molecule has 2 rings (SSSR count). The van der Waals surface area contributed by atoms with Crippen LogP contribution in [-0.2, 0) is 9.53 Å². The SMILES string of the molecule is CCOC(=O)[C@H](CCCCNC(=O)Oc1ccccc1)NC(=O)Oc1ccccc1. The fraction of sp³-hybridized carbons (Fsp3) is 0.318. The van der Waals surface area contributed by atoms with Crippen LogP contribution in [0.5, 0.6) is 11.5 Å². The van der Waals surface area contributed by atoms with Gasteiger partial charge in [-0.25, -0.2) is 14.4 Å². The molecule has 0 saturated heterocycles. The van der Waals surface area contributed by atoms with Gasteiger partial charge in [0, 0.05) is 6.54 Å². The molecule has 2 aromatic carbocycles. The van der Waals surface area contributed by atoms with E-state index in [4.69, 9.17) is 14.2 Å². The Balaban J connectivity index is 1.72. The van der Waals surface area contributed by atoms with Crippen molar-refractivity contribution in [1.82, 2.24) is 10.6 Å². The van der Waals surface area contributed by atoms with Gasteiger partial charge in [-0.05, 0) is 50.5 Å². The summed E-state index contributed by atoms with van der Waals surface area (Å²) < 4.78 is 15.3. The summed E-state index contributed by atoms with van der Waals surface area (Å²) in [6, 6.07) is 16.5. The highest BCUT2D eigenvalue weighted by molar-refractivity contribution is 5.82. The standard InChI is InChI=1S/C22H26N2O6/c1-2-28-20(25)19(24-22(27)30-18-13-7-4-8-14-18)15-9-10-16-23-21(26)29-17-11-5-3-6-12-17/h3-8,11-14,19H,2,9-10,15-16H2,1H3,(H,23,26)(H,24,27)/t19-/m0/s1. The van der Waals surface area contributed by atoms with E-state index >= 15 is 0 Å². The summed E-state index contributed by atoms with van der Waals surface area (Å²) in [6.45, 7) is 2.27. The first-order valence-electron chi connectivity index (χ1n) is 9.79. The largest absolute Gasteiger partial charge is 0.464 e. The van der Waals surface area contributed by atoms with E-state index in [1.54, 1.807) is 61.5 Å². The molecular formula is C22H26N2O6. The van der Waals surface area contributed by atoms with Crippen LogP contribution in [0.3, 0.4) is 0 Å². The van der Waals surface area contributed by atoms with Crippen LogP contribution in [0.15, 0.2) is 60.7 Å². The zero-order valence-corrected chi connectivity index (χ0v) is 16.8. The van der Waals surface area contributed by atoms with E-state index in [-0.39, 0.29) is 6.61 Å². The van der Waals surface area contributed by atoms with Gasteiger partial charge in [0.05, 0.1) is 6.61 Å². The van der Waals surface area contributed by atoms with Crippen LogP contribution in [0.4, 0.5) is 9.59 Å². The molecule has 30 heavy (non-hydrogen) atoms. The third-order valence-electron chi connectivity index (χ3n) is 3.96. The van der Waals surface area contributed by atoms with Crippen molar-refractivity contribution >= 4 is 18.2 Å². The molecule has 160 valence electrons. The lowest BCUT2D eigenvalue weighted by molar-refractivity contribution is -0.145. The molecule has 0 fully saturated rings. The molecule has 0 bridgehead atoms. The average Bonchev–Trinajstić information content (AvgIpc) is 2.74. The Morgan fingerprint density at radius 3 is 1.97 bits per heavy atom. The van der Waals surface area contributed by atoms with Crippen LogP contribution in [0.2, 0.25) is 0 Å². The van der Waals surface area contributed by atoms with Gasteiger partial charge in [-0.3, -0.25) is 0 Å². The van der Waals surface area contributed by atoms with Gasteiger partial charge in [-0.15, -0.1) is 0 Å². The lowest BCUT2D eigenvalue weighted by atomic mass is 10.1. The molecule has 0 aliphatic rings. The minimum atomic E-state index is -0.836. The van der Waals surface area contributed by atoms with E-state index in [1.165, 1.54) is 0 Å². The first kappa shape index (κ1) is 22.7. The monoisotopic (exact) mass is 414 g/mol. The Labute approximate surface area is 175 Å². The highest BCUT2D eigenvalue weighted by Crippen LogP contribution is 2.10. The number of esters is 1. The van der Waals surface area contributed by atoms with E-state index in [0.29, 0.717) is 37.3 Å². The Morgan fingerprint density at radius 2 is 1.40 bits per heavy atom. The van der Waals surface area contributed by atoms with Crippen LogP contribution in [0.1, 0.15) is 26.2 Å². The summed E-state index contributed by atoms with van der Waals surface area (Å²) in [4.78, 5) is 35.9. The van der Waals surface area contributed by atoms with Crippen molar-refractivity contribution in [3.63, 3.8) is 0 Å². The zero-order valence-electron chi connectivity index (χ0n) is 16.8. The number of carbonyl (C=O) groups excluding carboxylic acids is 3. The van der Waals surface area contributed by atoms with Gasteiger partial charge >= 0.3 is 18.2 Å². The van der Waals surface area contributed by atoms with E-state index in [2.05, 4.69) is 10.6 Å². The molecule has 2 N–H and O–H groups in total. The zero-order chi connectivity index (χ0) is 21.6. The number of benzene rings is 2. The summed E-state index contributed by atoms with van der Waals surface area (Å²) in [6.07, 6.45) is 0.227. The number of hydrogen-bond donors (Lipinski definition) is 2. The van der Waals surface area contributed by atoms with Gasteiger partial charge in [0.15, 0.2) is 0 Å². The predicted molar refractivity (Wildman–Crippen MR) is 110 cm³/mol. The summed E-state index contributed by atoms with van der Waals surface area (Å²) in [7, 11) is 0. The normalized spacial score (nSPS) is 11.1. The highest BCUT2D eigenvalue weighted by Gasteiger charge is 2.22. The number of amides is 2. The van der Waals surface area contributed by atoms with Crippen molar-refractivity contribution in [2.45, 2.75) is 32.2 Å². The number of carbonyl (C=O) groups is 3. The molecule has 0 aliphatic carbocycles. The molecule has 0 saturated carbocycles. The van der Waals surface area contributed by atoms with Gasteiger partial charge in [0.1, 0.15) is 17.5 Å². The Bertz CT molecular complexity index is 798. The topological polar surface area (TPSA) is 103 Å². The van der Waals surface area contributed by atoms with Crippen molar-refractivity contribution in [2.75, 3.05) is 13.2 Å². The molecule has 0 unspecified atom stereocenters. The molecule has 8 nitrogen and oxygen atoms in total. The van der Waals surface area contributed by atoms with Crippen molar-refractivity contribution < 1.29 is 28.6 Å². The molecule has 0 aromatic heterocycles. The smallest absolute Gasteiger partial charge is 0.413 e. The number of nitrogens with one attached hydrogen (secondary N) is 2. The molecule has 8 heteroatoms. The molecule has 0 radical (unpaired) electrons. The number of hydrogen-bond acceptors (Lipinski definition) is 6. The van der Waals surface area contributed by atoms with Gasteiger partial charge in [0.2, 0.25) is 0 Å². The lowest BCUT2D eigenvalue weighted by Gasteiger charge is -2.17. The van der Waals surface area contributed by atoms with Crippen LogP contribution >= 0.6 is 0 Å². The van der Waals surface area contributed by atoms with Crippen LogP contribution in [0, 0.1) is 0 Å². The van der Waals surface area contributed by atoms with Crippen LogP contribution in [0.25, 0.3) is 0 Å². The van der Waals surface area contributed by atoms with E-state index < -0.39 is 24.2 Å². The minimum absolute atomic E-state index is 0.206. The molecular weight excluding hydrogens is 388 g/mol. The lowest BCUT2D eigenvalue weighted by Crippen LogP contribution is -2.43. The van der Waals surface area contributed by atoms with Gasteiger partial charge in [-0.1, -0.05) is 36.4 Å². The van der Waals surface area contributed by atoms with Gasteiger partial charge < -0.3 is 24.8 Å². The highest BCUT2D eigenvalue weighted by atomic mass is 16.6. The molecule has 2 amide bonds. The maximum atomic E-state index is 12.1.